The second-order valence-corrected chi connectivity index (χ2v) is 7.08. The van der Waals surface area contributed by atoms with Crippen LogP contribution in [-0.4, -0.2) is 64.7 Å². The summed E-state index contributed by atoms with van der Waals surface area (Å²) in [5.41, 5.74) is 1.10. The average molecular weight is 384 g/mol. The van der Waals surface area contributed by atoms with Crippen molar-refractivity contribution >= 4 is 11.8 Å². The van der Waals surface area contributed by atoms with E-state index in [1.54, 1.807) is 34.9 Å². The lowest BCUT2D eigenvalue weighted by atomic mass is 10.1. The second kappa shape index (κ2) is 8.91. The van der Waals surface area contributed by atoms with Gasteiger partial charge in [-0.05, 0) is 50.5 Å². The van der Waals surface area contributed by atoms with Crippen molar-refractivity contribution in [3.05, 3.63) is 47.8 Å². The smallest absolute Gasteiger partial charge is 0.274 e. The van der Waals surface area contributed by atoms with Crippen molar-refractivity contribution in [1.29, 1.82) is 0 Å². The summed E-state index contributed by atoms with van der Waals surface area (Å²) < 4.78 is 6.98. The zero-order valence-corrected chi connectivity index (χ0v) is 16.8. The number of hydrogen-bond donors (Lipinski definition) is 0. The lowest BCUT2D eigenvalue weighted by Gasteiger charge is -2.27. The Bertz CT molecular complexity index is 833. The van der Waals surface area contributed by atoms with E-state index in [0.717, 1.165) is 25.8 Å². The average Bonchev–Trinajstić information content (AvgIpc) is 3.09. The number of ether oxygens (including phenoxy) is 1. The molecular weight excluding hydrogens is 356 g/mol. The minimum absolute atomic E-state index is 0.0228. The summed E-state index contributed by atoms with van der Waals surface area (Å²) in [6.07, 6.45) is 4.32. The lowest BCUT2D eigenvalue weighted by Crippen LogP contribution is -2.38. The van der Waals surface area contributed by atoms with Crippen LogP contribution in [0.15, 0.2) is 36.5 Å². The highest BCUT2D eigenvalue weighted by molar-refractivity contribution is 5.94. The Morgan fingerprint density at radius 1 is 1.25 bits per heavy atom. The second-order valence-electron chi connectivity index (χ2n) is 7.08. The Morgan fingerprint density at radius 3 is 2.79 bits per heavy atom. The summed E-state index contributed by atoms with van der Waals surface area (Å²) in [5, 5.41) is 4.32. The summed E-state index contributed by atoms with van der Waals surface area (Å²) >= 11 is 0. The number of carbonyl (C=O) groups is 2. The third-order valence-electron chi connectivity index (χ3n) is 5.35. The van der Waals surface area contributed by atoms with E-state index in [1.165, 1.54) is 0 Å². The maximum Gasteiger partial charge on any atom is 0.274 e. The molecule has 7 nitrogen and oxygen atoms in total. The van der Waals surface area contributed by atoms with E-state index >= 15 is 0 Å². The van der Waals surface area contributed by atoms with E-state index < -0.39 is 0 Å². The van der Waals surface area contributed by atoms with Gasteiger partial charge in [0.25, 0.3) is 11.8 Å². The molecule has 1 aromatic heterocycles. The quantitative estimate of drug-likeness (QED) is 0.795. The number of nitrogens with zero attached hydrogens (tertiary/aromatic N) is 4. The summed E-state index contributed by atoms with van der Waals surface area (Å²) in [5.74, 6) is 0.614. The molecule has 0 radical (unpaired) electrons. The molecule has 0 aliphatic carbocycles. The van der Waals surface area contributed by atoms with Gasteiger partial charge in [0.2, 0.25) is 0 Å². The first-order chi connectivity index (χ1) is 13.5. The Balaban J connectivity index is 1.63. The molecule has 7 heteroatoms. The number of methoxy groups -OCH3 is 1. The Kier molecular flexibility index (Phi) is 6.34. The predicted octanol–water partition coefficient (Wildman–Crippen LogP) is 2.68. The Morgan fingerprint density at radius 2 is 2.07 bits per heavy atom. The summed E-state index contributed by atoms with van der Waals surface area (Å²) in [7, 11) is 3.43. The number of likely N-dealkylation sites (tertiary alicyclic amines) is 1. The molecule has 0 spiro atoms. The highest BCUT2D eigenvalue weighted by Gasteiger charge is 2.27. The van der Waals surface area contributed by atoms with Gasteiger partial charge in [-0.2, -0.15) is 5.10 Å². The third kappa shape index (κ3) is 4.35. The van der Waals surface area contributed by atoms with Crippen LogP contribution in [0.2, 0.25) is 0 Å². The van der Waals surface area contributed by atoms with Crippen LogP contribution in [0.1, 0.15) is 47.0 Å². The van der Waals surface area contributed by atoms with Gasteiger partial charge in [0.15, 0.2) is 0 Å². The summed E-state index contributed by atoms with van der Waals surface area (Å²) in [4.78, 5) is 29.3. The van der Waals surface area contributed by atoms with Crippen LogP contribution in [0, 0.1) is 0 Å². The minimum Gasteiger partial charge on any atom is -0.497 e. The first-order valence-electron chi connectivity index (χ1n) is 9.77. The van der Waals surface area contributed by atoms with Crippen molar-refractivity contribution in [3.63, 3.8) is 0 Å². The summed E-state index contributed by atoms with van der Waals surface area (Å²) in [6, 6.07) is 9.08. The molecule has 1 atom stereocenters. The van der Waals surface area contributed by atoms with Gasteiger partial charge in [0, 0.05) is 44.5 Å². The largest absolute Gasteiger partial charge is 0.497 e. The minimum atomic E-state index is -0.0328. The molecule has 1 saturated heterocycles. The molecule has 2 heterocycles. The van der Waals surface area contributed by atoms with E-state index in [-0.39, 0.29) is 17.9 Å². The van der Waals surface area contributed by atoms with Gasteiger partial charge in [-0.15, -0.1) is 0 Å². The molecule has 0 N–H and O–H groups in total. The van der Waals surface area contributed by atoms with E-state index in [0.29, 0.717) is 30.1 Å². The number of aromatic nitrogens is 2. The molecule has 1 aliphatic rings. The first-order valence-corrected chi connectivity index (χ1v) is 9.77. The van der Waals surface area contributed by atoms with Crippen LogP contribution in [0.3, 0.4) is 0 Å². The number of amides is 2. The molecule has 28 heavy (non-hydrogen) atoms. The van der Waals surface area contributed by atoms with Crippen LogP contribution < -0.4 is 4.74 Å². The molecule has 150 valence electrons. The van der Waals surface area contributed by atoms with Crippen LogP contribution in [0.5, 0.6) is 5.75 Å². The zero-order valence-electron chi connectivity index (χ0n) is 16.8. The summed E-state index contributed by atoms with van der Waals surface area (Å²) in [6.45, 7) is 4.05. The van der Waals surface area contributed by atoms with Gasteiger partial charge in [0.1, 0.15) is 11.4 Å². The van der Waals surface area contributed by atoms with Crippen molar-refractivity contribution in [3.8, 4) is 5.75 Å². The molecule has 1 aliphatic heterocycles. The van der Waals surface area contributed by atoms with Crippen molar-refractivity contribution in [2.24, 2.45) is 0 Å². The first kappa shape index (κ1) is 19.9. The van der Waals surface area contributed by atoms with Crippen molar-refractivity contribution in [2.75, 3.05) is 27.2 Å². The maximum atomic E-state index is 12.9. The third-order valence-corrected chi connectivity index (χ3v) is 5.35. The number of benzene rings is 1. The normalized spacial score (nSPS) is 17.1. The van der Waals surface area contributed by atoms with E-state index in [2.05, 4.69) is 5.10 Å². The van der Waals surface area contributed by atoms with Crippen molar-refractivity contribution < 1.29 is 14.3 Å². The predicted molar refractivity (Wildman–Crippen MR) is 107 cm³/mol. The molecule has 2 amide bonds. The lowest BCUT2D eigenvalue weighted by molar-refractivity contribution is 0.0708. The molecule has 1 aromatic carbocycles. The van der Waals surface area contributed by atoms with Crippen molar-refractivity contribution in [2.45, 2.75) is 38.8 Å². The van der Waals surface area contributed by atoms with Gasteiger partial charge in [-0.1, -0.05) is 6.07 Å². The molecule has 0 unspecified atom stereocenters. The zero-order chi connectivity index (χ0) is 20.1. The van der Waals surface area contributed by atoms with Crippen LogP contribution >= 0.6 is 0 Å². The van der Waals surface area contributed by atoms with Crippen LogP contribution in [0.4, 0.5) is 0 Å². The highest BCUT2D eigenvalue weighted by Crippen LogP contribution is 2.21. The monoisotopic (exact) mass is 384 g/mol. The standard InChI is InChI=1S/C21H28N4O3/c1-4-25-14-11-19(22-25)21(27)24-12-6-8-17(10-13-24)23(2)20(26)16-7-5-9-18(15-16)28-3/h5,7,9,11,14-15,17H,4,6,8,10,12-13H2,1-3H3/t17-/m0/s1. The van der Waals surface area contributed by atoms with E-state index in [1.807, 2.05) is 37.2 Å². The fourth-order valence-corrected chi connectivity index (χ4v) is 3.61. The molecule has 0 saturated carbocycles. The molecule has 1 fully saturated rings. The topological polar surface area (TPSA) is 67.7 Å². The number of rotatable bonds is 5. The molecular formula is C21H28N4O3. The number of carbonyl (C=O) groups excluding carboxylic acids is 2. The van der Waals surface area contributed by atoms with E-state index in [9.17, 15) is 9.59 Å². The van der Waals surface area contributed by atoms with Crippen molar-refractivity contribution in [1.82, 2.24) is 19.6 Å². The SMILES string of the molecule is CCn1ccc(C(=O)N2CCC[C@H](N(C)C(=O)c3cccc(OC)c3)CC2)n1. The van der Waals surface area contributed by atoms with Gasteiger partial charge < -0.3 is 14.5 Å². The highest BCUT2D eigenvalue weighted by atomic mass is 16.5. The molecule has 3 rings (SSSR count). The Labute approximate surface area is 165 Å². The van der Waals surface area contributed by atoms with Gasteiger partial charge in [-0.3, -0.25) is 14.3 Å². The maximum absolute atomic E-state index is 12.9. The number of hydrogen-bond acceptors (Lipinski definition) is 4. The van der Waals surface area contributed by atoms with Gasteiger partial charge in [0.05, 0.1) is 7.11 Å². The van der Waals surface area contributed by atoms with Crippen LogP contribution in [-0.2, 0) is 6.54 Å². The van der Waals surface area contributed by atoms with Gasteiger partial charge in [-0.25, -0.2) is 0 Å². The molecule has 0 bridgehead atoms. The number of aryl methyl sites for hydroxylation is 1. The van der Waals surface area contributed by atoms with E-state index in [4.69, 9.17) is 4.74 Å². The molecule has 2 aromatic rings. The fraction of sp³-hybridized carbons (Fsp3) is 0.476. The van der Waals surface area contributed by atoms with Crippen LogP contribution in [0.25, 0.3) is 0 Å². The van der Waals surface area contributed by atoms with Gasteiger partial charge >= 0.3 is 0 Å². The fourth-order valence-electron chi connectivity index (χ4n) is 3.61. The Hall–Kier alpha value is -2.83.